The molecule has 0 aliphatic rings. The molecule has 0 atom stereocenters. The molecule has 0 saturated carbocycles. The van der Waals surface area contributed by atoms with Crippen molar-refractivity contribution in [3.05, 3.63) is 69.7 Å². The minimum absolute atomic E-state index is 0.303. The molecule has 0 radical (unpaired) electrons. The van der Waals surface area contributed by atoms with Crippen molar-refractivity contribution in [3.8, 4) is 11.5 Å². The lowest BCUT2D eigenvalue weighted by molar-refractivity contribution is 0.102. The van der Waals surface area contributed by atoms with Crippen LogP contribution in [0.25, 0.3) is 0 Å². The van der Waals surface area contributed by atoms with Crippen LogP contribution in [0.2, 0.25) is 5.02 Å². The molecule has 0 aliphatic carbocycles. The molecule has 0 fully saturated rings. The number of nitrogens with zero attached hydrogens (tertiary/aromatic N) is 1. The van der Waals surface area contributed by atoms with E-state index in [-0.39, 0.29) is 5.91 Å². The number of methoxy groups -OCH3 is 1. The first-order chi connectivity index (χ1) is 13.6. The first kappa shape index (κ1) is 20.2. The summed E-state index contributed by atoms with van der Waals surface area (Å²) in [5.41, 5.74) is 1.58. The van der Waals surface area contributed by atoms with Crippen molar-refractivity contribution in [1.82, 2.24) is 4.98 Å². The Kier molecular flexibility index (Phi) is 6.90. The number of hydrogen-bond donors (Lipinski definition) is 1. The van der Waals surface area contributed by atoms with Crippen molar-refractivity contribution in [2.75, 3.05) is 19.0 Å². The number of carbonyl (C=O) groups is 1. The first-order valence-electron chi connectivity index (χ1n) is 8.91. The second-order valence-electron chi connectivity index (χ2n) is 6.09. The molecular formula is C21H21ClN2O3S. The second kappa shape index (κ2) is 9.57. The molecule has 0 spiro atoms. The molecule has 1 aromatic heterocycles. The Morgan fingerprint density at radius 1 is 1.25 bits per heavy atom. The molecule has 0 saturated heterocycles. The van der Waals surface area contributed by atoms with Gasteiger partial charge in [-0.3, -0.25) is 10.1 Å². The van der Waals surface area contributed by atoms with Crippen LogP contribution in [0.4, 0.5) is 5.13 Å². The molecule has 3 rings (SSSR count). The molecule has 146 valence electrons. The molecule has 0 aliphatic heterocycles. The van der Waals surface area contributed by atoms with Gasteiger partial charge in [-0.15, -0.1) is 11.3 Å². The fourth-order valence-corrected chi connectivity index (χ4v) is 3.72. The fraction of sp³-hybridized carbons (Fsp3) is 0.238. The zero-order chi connectivity index (χ0) is 19.9. The number of anilines is 1. The Balaban J connectivity index is 1.72. The van der Waals surface area contributed by atoms with Gasteiger partial charge in [0.2, 0.25) is 0 Å². The van der Waals surface area contributed by atoms with Gasteiger partial charge >= 0.3 is 0 Å². The van der Waals surface area contributed by atoms with Gasteiger partial charge in [0.25, 0.3) is 5.91 Å². The van der Waals surface area contributed by atoms with Crippen molar-refractivity contribution in [1.29, 1.82) is 0 Å². The van der Waals surface area contributed by atoms with Crippen LogP contribution in [0.15, 0.2) is 48.7 Å². The van der Waals surface area contributed by atoms with Gasteiger partial charge in [0, 0.05) is 23.1 Å². The van der Waals surface area contributed by atoms with E-state index in [1.54, 1.807) is 18.3 Å². The number of carbonyl (C=O) groups excluding carboxylic acids is 1. The van der Waals surface area contributed by atoms with Crippen LogP contribution >= 0.6 is 22.9 Å². The number of rotatable bonds is 8. The number of nitrogens with one attached hydrogen (secondary N) is 1. The lowest BCUT2D eigenvalue weighted by atomic mass is 10.1. The van der Waals surface area contributed by atoms with Crippen molar-refractivity contribution in [3.63, 3.8) is 0 Å². The third kappa shape index (κ3) is 5.03. The number of hydrogen-bond acceptors (Lipinski definition) is 5. The molecule has 2 aromatic carbocycles. The van der Waals surface area contributed by atoms with E-state index in [0.29, 0.717) is 33.8 Å². The molecule has 1 N–H and O–H groups in total. The normalized spacial score (nSPS) is 10.5. The highest BCUT2D eigenvalue weighted by Crippen LogP contribution is 2.36. The molecule has 28 heavy (non-hydrogen) atoms. The van der Waals surface area contributed by atoms with Gasteiger partial charge in [-0.05, 0) is 24.1 Å². The lowest BCUT2D eigenvalue weighted by Crippen LogP contribution is -2.12. The summed E-state index contributed by atoms with van der Waals surface area (Å²) < 4.78 is 11.0. The molecule has 0 bridgehead atoms. The van der Waals surface area contributed by atoms with Gasteiger partial charge in [0.05, 0.1) is 18.7 Å². The zero-order valence-electron chi connectivity index (χ0n) is 15.7. The summed E-state index contributed by atoms with van der Waals surface area (Å²) in [4.78, 5) is 18.0. The topological polar surface area (TPSA) is 60.5 Å². The average Bonchev–Trinajstić information content (AvgIpc) is 3.13. The molecular weight excluding hydrogens is 396 g/mol. The largest absolute Gasteiger partial charge is 0.493 e. The summed E-state index contributed by atoms with van der Waals surface area (Å²) in [6.07, 6.45) is 3.40. The number of ether oxygens (including phenoxy) is 2. The summed E-state index contributed by atoms with van der Waals surface area (Å²) in [6, 6.07) is 13.3. The van der Waals surface area contributed by atoms with Gasteiger partial charge in [0.15, 0.2) is 16.6 Å². The highest BCUT2D eigenvalue weighted by molar-refractivity contribution is 7.15. The highest BCUT2D eigenvalue weighted by Gasteiger charge is 2.17. The fourth-order valence-electron chi connectivity index (χ4n) is 2.61. The van der Waals surface area contributed by atoms with Gasteiger partial charge in [0.1, 0.15) is 0 Å². The second-order valence-corrected chi connectivity index (χ2v) is 7.61. The van der Waals surface area contributed by atoms with Gasteiger partial charge in [-0.2, -0.15) is 0 Å². The maximum atomic E-state index is 12.6. The summed E-state index contributed by atoms with van der Waals surface area (Å²) in [5, 5.41) is 3.69. The van der Waals surface area contributed by atoms with E-state index in [0.717, 1.165) is 17.7 Å². The molecule has 0 unspecified atom stereocenters. The van der Waals surface area contributed by atoms with Crippen molar-refractivity contribution >= 4 is 34.0 Å². The van der Waals surface area contributed by atoms with Gasteiger partial charge < -0.3 is 9.47 Å². The highest BCUT2D eigenvalue weighted by atomic mass is 35.5. The molecule has 1 heterocycles. The number of halogens is 1. The Morgan fingerprint density at radius 2 is 2.04 bits per heavy atom. The van der Waals surface area contributed by atoms with Gasteiger partial charge in [-0.25, -0.2) is 4.98 Å². The number of aromatic nitrogens is 1. The quantitative estimate of drug-likeness (QED) is 0.531. The number of amides is 1. The zero-order valence-corrected chi connectivity index (χ0v) is 17.3. The van der Waals surface area contributed by atoms with Crippen LogP contribution in [0.5, 0.6) is 11.5 Å². The van der Waals surface area contributed by atoms with Crippen LogP contribution < -0.4 is 14.8 Å². The minimum atomic E-state index is -0.303. The summed E-state index contributed by atoms with van der Waals surface area (Å²) in [6.45, 7) is 2.52. The van der Waals surface area contributed by atoms with Crippen LogP contribution in [-0.2, 0) is 6.42 Å². The van der Waals surface area contributed by atoms with E-state index in [9.17, 15) is 4.79 Å². The SMILES string of the molecule is CCCOc1c(Cl)cc(C(=O)Nc2ncc(Cc3ccccc3)s2)cc1OC. The smallest absolute Gasteiger partial charge is 0.257 e. The van der Waals surface area contributed by atoms with E-state index in [2.05, 4.69) is 22.4 Å². The van der Waals surface area contributed by atoms with E-state index in [4.69, 9.17) is 21.1 Å². The molecule has 3 aromatic rings. The average molecular weight is 417 g/mol. The van der Waals surface area contributed by atoms with Crippen molar-refractivity contribution in [2.45, 2.75) is 19.8 Å². The third-order valence-corrected chi connectivity index (χ3v) is 5.13. The third-order valence-electron chi connectivity index (χ3n) is 3.94. The van der Waals surface area contributed by atoms with E-state index >= 15 is 0 Å². The Morgan fingerprint density at radius 3 is 2.75 bits per heavy atom. The van der Waals surface area contributed by atoms with E-state index in [1.165, 1.54) is 24.0 Å². The monoisotopic (exact) mass is 416 g/mol. The maximum Gasteiger partial charge on any atom is 0.257 e. The maximum absolute atomic E-state index is 12.6. The predicted octanol–water partition coefficient (Wildman–Crippen LogP) is 5.44. The molecule has 5 nitrogen and oxygen atoms in total. The summed E-state index contributed by atoms with van der Waals surface area (Å²) in [7, 11) is 1.52. The van der Waals surface area contributed by atoms with Crippen LogP contribution in [0.3, 0.4) is 0 Å². The van der Waals surface area contributed by atoms with E-state index < -0.39 is 0 Å². The number of thiazole rings is 1. The standard InChI is InChI=1S/C21H21ClN2O3S/c1-3-9-27-19-17(22)11-15(12-18(19)26-2)20(25)24-21-23-13-16(28-21)10-14-7-5-4-6-8-14/h4-8,11-13H,3,9-10H2,1-2H3,(H,23,24,25). The number of benzene rings is 2. The van der Waals surface area contributed by atoms with E-state index in [1.807, 2.05) is 25.1 Å². The Hall–Kier alpha value is -2.57. The molecule has 1 amide bonds. The van der Waals surface area contributed by atoms with Gasteiger partial charge in [-0.1, -0.05) is 48.9 Å². The Bertz CT molecular complexity index is 944. The lowest BCUT2D eigenvalue weighted by Gasteiger charge is -2.13. The Labute approximate surface area is 173 Å². The first-order valence-corrected chi connectivity index (χ1v) is 10.1. The van der Waals surface area contributed by atoms with Crippen LogP contribution in [0, 0.1) is 0 Å². The summed E-state index contributed by atoms with van der Waals surface area (Å²) >= 11 is 7.74. The van der Waals surface area contributed by atoms with Crippen molar-refractivity contribution in [2.24, 2.45) is 0 Å². The van der Waals surface area contributed by atoms with Crippen LogP contribution in [0.1, 0.15) is 34.1 Å². The summed E-state index contributed by atoms with van der Waals surface area (Å²) in [5.74, 6) is 0.569. The minimum Gasteiger partial charge on any atom is -0.493 e. The van der Waals surface area contributed by atoms with Crippen molar-refractivity contribution < 1.29 is 14.3 Å². The predicted molar refractivity (Wildman–Crippen MR) is 113 cm³/mol. The van der Waals surface area contributed by atoms with Crippen LogP contribution in [-0.4, -0.2) is 24.6 Å². The molecule has 7 heteroatoms.